The summed E-state index contributed by atoms with van der Waals surface area (Å²) in [5, 5.41) is 42.2. The van der Waals surface area contributed by atoms with Crippen LogP contribution in [0.15, 0.2) is 0 Å². The normalized spacial score (nSPS) is 19.0. The second-order valence-corrected chi connectivity index (χ2v) is 5.72. The summed E-state index contributed by atoms with van der Waals surface area (Å²) in [5.74, 6) is -4.18. The molecule has 0 aliphatic heterocycles. The fourth-order valence-electron chi connectivity index (χ4n) is 2.89. The number of carboxylic acids is 3. The summed E-state index contributed by atoms with van der Waals surface area (Å²) in [4.78, 5) is 34.8. The largest absolute Gasteiger partial charge is 1.00 e. The fourth-order valence-corrected chi connectivity index (χ4v) is 2.89. The SMILES string of the molecule is O=C([O-])CN(CCN(CC(=O)[O-])C1CCCCC1O)CC(=O)[O-].[Na+].[Na+].[Na+]. The van der Waals surface area contributed by atoms with Crippen LogP contribution in [0.3, 0.4) is 0 Å². The zero-order chi connectivity index (χ0) is 17.4. The molecular weight excluding hydrogens is 377 g/mol. The van der Waals surface area contributed by atoms with E-state index < -0.39 is 43.6 Å². The molecule has 1 fully saturated rings. The Kier molecular flexibility index (Phi) is 21.1. The number of hydrogen-bond acceptors (Lipinski definition) is 9. The molecule has 1 rings (SSSR count). The summed E-state index contributed by atoms with van der Waals surface area (Å²) in [5.41, 5.74) is 0. The van der Waals surface area contributed by atoms with Crippen LogP contribution in [0.5, 0.6) is 0 Å². The molecule has 0 aromatic rings. The van der Waals surface area contributed by atoms with E-state index in [2.05, 4.69) is 0 Å². The Bertz CT molecular complexity index is 427. The van der Waals surface area contributed by atoms with Gasteiger partial charge in [0, 0.05) is 38.8 Å². The molecule has 0 spiro atoms. The summed E-state index contributed by atoms with van der Waals surface area (Å²) >= 11 is 0. The monoisotopic (exact) mass is 398 g/mol. The summed E-state index contributed by atoms with van der Waals surface area (Å²) < 4.78 is 0. The van der Waals surface area contributed by atoms with E-state index in [4.69, 9.17) is 0 Å². The number of carbonyl (C=O) groups excluding carboxylic acids is 3. The van der Waals surface area contributed by atoms with Crippen molar-refractivity contribution in [2.45, 2.75) is 37.8 Å². The molecule has 2 atom stereocenters. The summed E-state index contributed by atoms with van der Waals surface area (Å²) in [7, 11) is 0. The van der Waals surface area contributed by atoms with Crippen LogP contribution >= 0.6 is 0 Å². The predicted octanol–water partition coefficient (Wildman–Crippen LogP) is -13.8. The minimum atomic E-state index is -1.43. The van der Waals surface area contributed by atoms with Crippen molar-refractivity contribution in [3.05, 3.63) is 0 Å². The third-order valence-electron chi connectivity index (χ3n) is 3.90. The Morgan fingerprint density at radius 1 is 0.808 bits per heavy atom. The summed E-state index contributed by atoms with van der Waals surface area (Å²) in [6.45, 7) is -1.51. The molecule has 1 saturated carbocycles. The molecule has 1 N–H and O–H groups in total. The van der Waals surface area contributed by atoms with Crippen molar-refractivity contribution in [3.8, 4) is 0 Å². The van der Waals surface area contributed by atoms with Crippen molar-refractivity contribution in [1.82, 2.24) is 9.80 Å². The first kappa shape index (κ1) is 32.0. The van der Waals surface area contributed by atoms with E-state index in [1.54, 1.807) is 0 Å². The van der Waals surface area contributed by atoms with Gasteiger partial charge < -0.3 is 34.8 Å². The maximum Gasteiger partial charge on any atom is 1.00 e. The first-order chi connectivity index (χ1) is 10.8. The smallest absolute Gasteiger partial charge is 0.549 e. The summed E-state index contributed by atoms with van der Waals surface area (Å²) in [6.07, 6.45) is 2.23. The third-order valence-corrected chi connectivity index (χ3v) is 3.90. The predicted molar refractivity (Wildman–Crippen MR) is 71.3 cm³/mol. The van der Waals surface area contributed by atoms with Crippen molar-refractivity contribution in [1.29, 1.82) is 0 Å². The van der Waals surface area contributed by atoms with Gasteiger partial charge in [-0.1, -0.05) is 12.8 Å². The zero-order valence-corrected chi connectivity index (χ0v) is 21.8. The van der Waals surface area contributed by atoms with E-state index >= 15 is 0 Å². The molecule has 9 nitrogen and oxygen atoms in total. The van der Waals surface area contributed by atoms with E-state index in [0.29, 0.717) is 12.8 Å². The van der Waals surface area contributed by atoms with Gasteiger partial charge in [0.15, 0.2) is 0 Å². The van der Waals surface area contributed by atoms with Crippen LogP contribution in [-0.2, 0) is 14.4 Å². The molecule has 12 heteroatoms. The molecule has 1 aliphatic rings. The van der Waals surface area contributed by atoms with Crippen LogP contribution < -0.4 is 104 Å². The molecule has 0 aromatic heterocycles. The fraction of sp³-hybridized carbons (Fsp3) is 0.786. The maximum atomic E-state index is 10.9. The van der Waals surface area contributed by atoms with Gasteiger partial charge >= 0.3 is 88.7 Å². The van der Waals surface area contributed by atoms with Crippen molar-refractivity contribution in [3.63, 3.8) is 0 Å². The van der Waals surface area contributed by atoms with Gasteiger partial charge in [-0.3, -0.25) is 9.80 Å². The minimum Gasteiger partial charge on any atom is -0.549 e. The van der Waals surface area contributed by atoms with Crippen LogP contribution in [0, 0.1) is 0 Å². The standard InChI is InChI=1S/C14H24N2O7.3Na/c17-11-4-2-1-3-10(11)16(9-14(22)23)6-5-15(7-12(18)19)8-13(20)21;;;/h10-11,17H,1-9H2,(H,18,19)(H,20,21)(H,22,23);;;/q;3*+1/p-3. The van der Waals surface area contributed by atoms with Gasteiger partial charge in [0.2, 0.25) is 0 Å². The first-order valence-corrected chi connectivity index (χ1v) is 7.53. The second-order valence-electron chi connectivity index (χ2n) is 5.72. The molecule has 0 saturated heterocycles. The van der Waals surface area contributed by atoms with Crippen LogP contribution in [-0.4, -0.2) is 77.7 Å². The van der Waals surface area contributed by atoms with Crippen molar-refractivity contribution >= 4 is 17.9 Å². The minimum absolute atomic E-state index is 0. The average Bonchev–Trinajstić information content (AvgIpc) is 2.42. The van der Waals surface area contributed by atoms with Crippen LogP contribution in [0.4, 0.5) is 0 Å². The Morgan fingerprint density at radius 2 is 1.27 bits per heavy atom. The van der Waals surface area contributed by atoms with Gasteiger partial charge in [0.25, 0.3) is 0 Å². The van der Waals surface area contributed by atoms with E-state index in [1.807, 2.05) is 0 Å². The number of aliphatic hydroxyl groups is 1. The Hall–Kier alpha value is 1.29. The summed E-state index contributed by atoms with van der Waals surface area (Å²) in [6, 6.07) is -0.366. The van der Waals surface area contributed by atoms with Crippen LogP contribution in [0.25, 0.3) is 0 Å². The number of hydrogen-bond donors (Lipinski definition) is 1. The number of rotatable bonds is 10. The third kappa shape index (κ3) is 13.5. The maximum absolute atomic E-state index is 10.9. The Labute approximate surface area is 219 Å². The van der Waals surface area contributed by atoms with Gasteiger partial charge in [0.05, 0.1) is 24.0 Å². The van der Waals surface area contributed by atoms with Crippen LogP contribution in [0.2, 0.25) is 0 Å². The molecule has 26 heavy (non-hydrogen) atoms. The van der Waals surface area contributed by atoms with E-state index in [-0.39, 0.29) is 108 Å². The Morgan fingerprint density at radius 3 is 1.69 bits per heavy atom. The molecule has 0 amide bonds. The van der Waals surface area contributed by atoms with Crippen LogP contribution in [0.1, 0.15) is 25.7 Å². The molecule has 132 valence electrons. The average molecular weight is 398 g/mol. The van der Waals surface area contributed by atoms with Crippen molar-refractivity contribution in [2.24, 2.45) is 0 Å². The van der Waals surface area contributed by atoms with Gasteiger partial charge in [0.1, 0.15) is 0 Å². The van der Waals surface area contributed by atoms with Gasteiger partial charge in [-0.05, 0) is 12.8 Å². The topological polar surface area (TPSA) is 147 Å². The molecule has 0 aromatic carbocycles. The zero-order valence-electron chi connectivity index (χ0n) is 15.8. The molecule has 1 aliphatic carbocycles. The van der Waals surface area contributed by atoms with E-state index in [0.717, 1.165) is 17.7 Å². The number of aliphatic hydroxyl groups excluding tert-OH is 1. The second kappa shape index (κ2) is 17.2. The molecule has 0 radical (unpaired) electrons. The van der Waals surface area contributed by atoms with E-state index in [1.165, 1.54) is 4.90 Å². The molecule has 0 heterocycles. The van der Waals surface area contributed by atoms with Crippen molar-refractivity contribution < 1.29 is 123 Å². The van der Waals surface area contributed by atoms with Crippen molar-refractivity contribution in [2.75, 3.05) is 32.7 Å². The Balaban J connectivity index is -0.00000176. The first-order valence-electron chi connectivity index (χ1n) is 7.53. The number of carboxylic acid groups (broad SMARTS) is 3. The van der Waals surface area contributed by atoms with Gasteiger partial charge in [-0.25, -0.2) is 0 Å². The quantitative estimate of drug-likeness (QED) is 0.354. The number of carbonyl (C=O) groups is 3. The molecule has 2 unspecified atom stereocenters. The van der Waals surface area contributed by atoms with Gasteiger partial charge in [-0.2, -0.15) is 0 Å². The van der Waals surface area contributed by atoms with E-state index in [9.17, 15) is 34.8 Å². The molecule has 0 bridgehead atoms. The molecular formula is C14H21N2Na3O7. The van der Waals surface area contributed by atoms with Gasteiger partial charge in [-0.15, -0.1) is 0 Å². The number of aliphatic carboxylic acids is 3. The number of nitrogens with zero attached hydrogens (tertiary/aromatic N) is 2.